The number of para-hydroxylation sites is 1. The maximum Gasteiger partial charge on any atom is 0.327 e. The molecule has 0 saturated heterocycles. The molecule has 0 saturated carbocycles. The summed E-state index contributed by atoms with van der Waals surface area (Å²) in [6.45, 7) is 1.57. The molecule has 1 aliphatic rings. The number of quaternary nitrogens is 1. The van der Waals surface area contributed by atoms with Crippen molar-refractivity contribution in [1.82, 2.24) is 4.48 Å². The molecule has 5 heteroatoms. The van der Waals surface area contributed by atoms with Crippen molar-refractivity contribution in [1.29, 1.82) is 0 Å². The van der Waals surface area contributed by atoms with Crippen LogP contribution >= 0.6 is 11.8 Å². The minimum absolute atomic E-state index is 0.0458. The second kappa shape index (κ2) is 5.79. The Morgan fingerprint density at radius 1 is 1.05 bits per heavy atom. The van der Waals surface area contributed by atoms with Crippen LogP contribution in [0.25, 0.3) is 5.70 Å². The molecule has 0 radical (unpaired) electrons. The second-order valence-electron chi connectivity index (χ2n) is 4.92. The van der Waals surface area contributed by atoms with Gasteiger partial charge < -0.3 is 5.84 Å². The summed E-state index contributed by atoms with van der Waals surface area (Å²) in [6.07, 6.45) is 0. The zero-order valence-electron chi connectivity index (χ0n) is 12.1. The summed E-state index contributed by atoms with van der Waals surface area (Å²) >= 11 is 1.39. The molecule has 2 aromatic carbocycles. The number of hydrogen-bond donors (Lipinski definition) is 1. The number of carbonyl (C=O) groups is 1. The number of nitrogens with zero attached hydrogens (tertiary/aromatic N) is 2. The fourth-order valence-electron chi connectivity index (χ4n) is 2.74. The molecule has 0 aliphatic carbocycles. The van der Waals surface area contributed by atoms with E-state index >= 15 is 0 Å². The Hall–Kier alpha value is -2.37. The van der Waals surface area contributed by atoms with E-state index in [9.17, 15) is 4.79 Å². The SMILES string of the molecule is CC(=O)[N+]1(c2ccccc2)C(c2ccccc2)=CSC1=NN. The number of thioether (sulfide) groups is 1. The number of benzene rings is 2. The van der Waals surface area contributed by atoms with Crippen molar-refractivity contribution < 1.29 is 4.79 Å². The van der Waals surface area contributed by atoms with Gasteiger partial charge in [0.1, 0.15) is 0 Å². The first-order valence-corrected chi connectivity index (χ1v) is 7.76. The third-order valence-electron chi connectivity index (χ3n) is 3.72. The molecule has 2 aromatic rings. The molecule has 0 spiro atoms. The van der Waals surface area contributed by atoms with E-state index in [1.807, 2.05) is 66.1 Å². The van der Waals surface area contributed by atoms with Gasteiger partial charge in [0.25, 0.3) is 0 Å². The Kier molecular flexibility index (Phi) is 3.83. The van der Waals surface area contributed by atoms with E-state index in [0.717, 1.165) is 16.9 Å². The summed E-state index contributed by atoms with van der Waals surface area (Å²) < 4.78 is -0.0774. The van der Waals surface area contributed by atoms with E-state index in [-0.39, 0.29) is 10.4 Å². The van der Waals surface area contributed by atoms with Gasteiger partial charge in [-0.3, -0.25) is 0 Å². The van der Waals surface area contributed by atoms with Gasteiger partial charge in [0.2, 0.25) is 0 Å². The van der Waals surface area contributed by atoms with Crippen LogP contribution < -0.4 is 10.3 Å². The molecule has 1 amide bonds. The molecule has 1 unspecified atom stereocenters. The third kappa shape index (κ3) is 2.06. The van der Waals surface area contributed by atoms with Crippen molar-refractivity contribution >= 4 is 34.2 Å². The summed E-state index contributed by atoms with van der Waals surface area (Å²) in [5.74, 6) is 5.54. The summed E-state index contributed by atoms with van der Waals surface area (Å²) in [5.41, 5.74) is 2.68. The summed E-state index contributed by atoms with van der Waals surface area (Å²) in [4.78, 5) is 12.7. The zero-order chi connectivity index (χ0) is 15.6. The molecule has 110 valence electrons. The zero-order valence-corrected chi connectivity index (χ0v) is 13.0. The molecule has 1 atom stereocenters. The highest BCUT2D eigenvalue weighted by Crippen LogP contribution is 2.44. The highest BCUT2D eigenvalue weighted by molar-refractivity contribution is 8.17. The maximum absolute atomic E-state index is 12.7. The largest absolute Gasteiger partial charge is 0.327 e. The molecule has 22 heavy (non-hydrogen) atoms. The normalized spacial score (nSPS) is 22.6. The van der Waals surface area contributed by atoms with Crippen molar-refractivity contribution in [3.8, 4) is 0 Å². The number of hydrogen-bond acceptors (Lipinski definition) is 4. The van der Waals surface area contributed by atoms with Crippen LogP contribution in [0.1, 0.15) is 12.5 Å². The average molecular weight is 310 g/mol. The smallest absolute Gasteiger partial charge is 0.317 e. The van der Waals surface area contributed by atoms with E-state index in [1.54, 1.807) is 6.92 Å². The maximum atomic E-state index is 12.7. The molecule has 4 nitrogen and oxygen atoms in total. The van der Waals surface area contributed by atoms with E-state index in [2.05, 4.69) is 5.10 Å². The monoisotopic (exact) mass is 310 g/mol. The molecule has 0 bridgehead atoms. The lowest BCUT2D eigenvalue weighted by atomic mass is 10.1. The molecular weight excluding hydrogens is 294 g/mol. The Balaban J connectivity index is 2.29. The number of hydrazone groups is 1. The molecule has 1 aliphatic heterocycles. The van der Waals surface area contributed by atoms with Gasteiger partial charge in [0.15, 0.2) is 11.4 Å². The first-order valence-electron chi connectivity index (χ1n) is 6.88. The van der Waals surface area contributed by atoms with Gasteiger partial charge in [-0.05, 0) is 23.9 Å². The summed E-state index contributed by atoms with van der Waals surface area (Å²) in [5, 5.41) is 6.40. The molecule has 3 rings (SSSR count). The lowest BCUT2D eigenvalue weighted by Gasteiger charge is -2.30. The number of amidine groups is 1. The Labute approximate surface area is 133 Å². The van der Waals surface area contributed by atoms with Gasteiger partial charge in [-0.25, -0.2) is 4.79 Å². The van der Waals surface area contributed by atoms with Crippen molar-refractivity contribution in [2.24, 2.45) is 10.9 Å². The fourth-order valence-corrected chi connectivity index (χ4v) is 3.81. The predicted octanol–water partition coefficient (Wildman–Crippen LogP) is 3.52. The molecule has 1 heterocycles. The molecule has 2 N–H and O–H groups in total. The number of amides is 1. The van der Waals surface area contributed by atoms with Crippen LogP contribution in [-0.2, 0) is 4.79 Å². The van der Waals surface area contributed by atoms with Crippen molar-refractivity contribution in [3.63, 3.8) is 0 Å². The van der Waals surface area contributed by atoms with E-state index in [1.165, 1.54) is 11.8 Å². The number of rotatable bonds is 2. The lowest BCUT2D eigenvalue weighted by Crippen LogP contribution is -2.52. The van der Waals surface area contributed by atoms with Crippen LogP contribution in [0, 0.1) is 0 Å². The van der Waals surface area contributed by atoms with Crippen LogP contribution in [0.4, 0.5) is 5.69 Å². The average Bonchev–Trinajstić information content (AvgIpc) is 2.97. The first kappa shape index (κ1) is 14.6. The van der Waals surface area contributed by atoms with Crippen LogP contribution in [0.5, 0.6) is 0 Å². The Bertz CT molecular complexity index is 756. The highest BCUT2D eigenvalue weighted by atomic mass is 32.2. The van der Waals surface area contributed by atoms with Gasteiger partial charge in [0, 0.05) is 23.1 Å². The molecular formula is C17H16N3OS+. The fraction of sp³-hybridized carbons (Fsp3) is 0.0588. The molecule has 0 aromatic heterocycles. The van der Waals surface area contributed by atoms with Crippen LogP contribution in [-0.4, -0.2) is 11.1 Å². The van der Waals surface area contributed by atoms with Crippen LogP contribution in [0.15, 0.2) is 71.2 Å². The predicted molar refractivity (Wildman–Crippen MR) is 92.5 cm³/mol. The van der Waals surface area contributed by atoms with Crippen LogP contribution in [0.2, 0.25) is 0 Å². The van der Waals surface area contributed by atoms with Crippen molar-refractivity contribution in [2.45, 2.75) is 6.92 Å². The van der Waals surface area contributed by atoms with Gasteiger partial charge in [-0.1, -0.05) is 36.4 Å². The van der Waals surface area contributed by atoms with Crippen molar-refractivity contribution in [2.75, 3.05) is 0 Å². The third-order valence-corrected chi connectivity index (χ3v) is 4.65. The number of nitrogens with two attached hydrogens (primary N) is 1. The second-order valence-corrected chi connectivity index (χ2v) is 5.76. The lowest BCUT2D eigenvalue weighted by molar-refractivity contribution is -0.122. The topological polar surface area (TPSA) is 55.5 Å². The Morgan fingerprint density at radius 2 is 1.64 bits per heavy atom. The highest BCUT2D eigenvalue weighted by Gasteiger charge is 2.51. The van der Waals surface area contributed by atoms with E-state index < -0.39 is 0 Å². The van der Waals surface area contributed by atoms with E-state index in [0.29, 0.717) is 5.17 Å². The minimum atomic E-state index is -0.0774. The number of carbonyl (C=O) groups excluding carboxylic acids is 1. The van der Waals surface area contributed by atoms with Crippen molar-refractivity contribution in [3.05, 3.63) is 71.6 Å². The van der Waals surface area contributed by atoms with Crippen LogP contribution in [0.3, 0.4) is 0 Å². The standard InChI is InChI=1S/C17H16N3OS/c1-13(21)20(15-10-6-3-7-11-15)16(12-22-17(20)19-18)14-8-4-2-5-9-14/h2-12H,18H2,1H3/q+1. The minimum Gasteiger partial charge on any atom is -0.317 e. The van der Waals surface area contributed by atoms with Gasteiger partial charge in [-0.15, -0.1) is 9.58 Å². The summed E-state index contributed by atoms with van der Waals surface area (Å²) in [6, 6.07) is 19.5. The van der Waals surface area contributed by atoms with E-state index in [4.69, 9.17) is 5.84 Å². The summed E-state index contributed by atoms with van der Waals surface area (Å²) in [7, 11) is 0. The first-order chi connectivity index (χ1) is 10.7. The quantitative estimate of drug-likeness (QED) is 0.524. The van der Waals surface area contributed by atoms with Gasteiger partial charge in [-0.2, -0.15) is 0 Å². The Morgan fingerprint density at radius 3 is 2.18 bits per heavy atom. The molecule has 0 fully saturated rings. The van der Waals surface area contributed by atoms with Gasteiger partial charge >= 0.3 is 11.1 Å². The van der Waals surface area contributed by atoms with Gasteiger partial charge in [0.05, 0.1) is 6.92 Å².